The Bertz CT molecular complexity index is 1080. The molecule has 0 saturated carbocycles. The van der Waals surface area contributed by atoms with Crippen LogP contribution in [-0.4, -0.2) is 51.7 Å². The minimum Gasteiger partial charge on any atom is -0.315 e. The highest BCUT2D eigenvalue weighted by molar-refractivity contribution is 7.99. The van der Waals surface area contributed by atoms with Crippen LogP contribution in [0.2, 0.25) is 0 Å². The molecule has 32 heavy (non-hydrogen) atoms. The number of hydrogen-bond acceptors (Lipinski definition) is 5. The van der Waals surface area contributed by atoms with Crippen LogP contribution < -0.4 is 0 Å². The number of nitrogens with zero attached hydrogens (tertiary/aromatic N) is 3. The first-order valence-electron chi connectivity index (χ1n) is 10.6. The number of benzene rings is 2. The van der Waals surface area contributed by atoms with E-state index in [0.717, 1.165) is 11.3 Å². The van der Waals surface area contributed by atoms with Crippen LogP contribution in [0.5, 0.6) is 0 Å². The molecule has 2 aliphatic rings. The van der Waals surface area contributed by atoms with E-state index in [4.69, 9.17) is 0 Å². The van der Waals surface area contributed by atoms with E-state index in [1.165, 1.54) is 22.5 Å². The van der Waals surface area contributed by atoms with Gasteiger partial charge in [-0.05, 0) is 29.0 Å². The number of rotatable bonds is 6. The van der Waals surface area contributed by atoms with E-state index in [-0.39, 0.29) is 17.7 Å². The molecule has 3 aromatic rings. The third-order valence-corrected chi connectivity index (χ3v) is 7.78. The number of fused-ring (bicyclic) bond motifs is 1. The summed E-state index contributed by atoms with van der Waals surface area (Å²) in [6.07, 6.45) is 0.717. The molecule has 0 spiro atoms. The Hall–Kier alpha value is -2.90. The van der Waals surface area contributed by atoms with E-state index in [2.05, 4.69) is 29.4 Å². The highest BCUT2D eigenvalue weighted by Crippen LogP contribution is 2.31. The zero-order chi connectivity index (χ0) is 21.9. The minimum absolute atomic E-state index is 0.0882. The van der Waals surface area contributed by atoms with Crippen molar-refractivity contribution in [2.75, 3.05) is 18.2 Å². The predicted octanol–water partition coefficient (Wildman–Crippen LogP) is 4.42. The third kappa shape index (κ3) is 4.10. The lowest BCUT2D eigenvalue weighted by atomic mass is 9.88. The van der Waals surface area contributed by atoms with Crippen molar-refractivity contribution >= 4 is 40.6 Å². The van der Waals surface area contributed by atoms with E-state index in [0.29, 0.717) is 23.9 Å². The van der Waals surface area contributed by atoms with Crippen molar-refractivity contribution in [1.82, 2.24) is 9.91 Å². The smallest absolute Gasteiger partial charge is 0.277 e. The van der Waals surface area contributed by atoms with Crippen LogP contribution in [0.4, 0.5) is 0 Å². The molecule has 2 aliphatic heterocycles. The maximum atomic E-state index is 13.4. The molecule has 2 amide bonds. The maximum Gasteiger partial charge on any atom is 0.277 e. The lowest BCUT2D eigenvalue weighted by molar-refractivity contribution is -0.139. The second-order valence-electron chi connectivity index (χ2n) is 7.84. The highest BCUT2D eigenvalue weighted by atomic mass is 32.2. The molecule has 1 atom stereocenters. The van der Waals surface area contributed by atoms with Gasteiger partial charge in [0.25, 0.3) is 11.8 Å². The molecule has 0 aliphatic carbocycles. The molecular weight excluding hydrogens is 438 g/mol. The van der Waals surface area contributed by atoms with Gasteiger partial charge in [-0.3, -0.25) is 9.59 Å². The van der Waals surface area contributed by atoms with Gasteiger partial charge in [0.15, 0.2) is 5.71 Å². The zero-order valence-corrected chi connectivity index (χ0v) is 19.1. The average molecular weight is 462 g/mol. The van der Waals surface area contributed by atoms with Crippen LogP contribution >= 0.6 is 23.1 Å². The summed E-state index contributed by atoms with van der Waals surface area (Å²) in [7, 11) is 0. The van der Waals surface area contributed by atoms with Crippen molar-refractivity contribution in [2.45, 2.75) is 18.4 Å². The van der Waals surface area contributed by atoms with Gasteiger partial charge in [0, 0.05) is 18.2 Å². The standard InChI is InChI=1S/C25H23N3O2S2/c29-24-21-16-31-17-27(21)25(30)23(22-12-7-15-32-22)26-28(24)14-13-20(18-8-3-1-4-9-18)19-10-5-2-6-11-19/h1-12,15,20-21H,13-14,16-17H2/t21-/m0/s1. The molecule has 5 rings (SSSR count). The number of amides is 2. The largest absolute Gasteiger partial charge is 0.315 e. The van der Waals surface area contributed by atoms with Crippen LogP contribution in [0.3, 0.4) is 0 Å². The second kappa shape index (κ2) is 9.30. The summed E-state index contributed by atoms with van der Waals surface area (Å²) in [6, 6.07) is 24.1. The number of carbonyl (C=O) groups is 2. The van der Waals surface area contributed by atoms with Crippen LogP contribution in [0.15, 0.2) is 83.3 Å². The topological polar surface area (TPSA) is 53.0 Å². The summed E-state index contributed by atoms with van der Waals surface area (Å²) in [6.45, 7) is 0.449. The van der Waals surface area contributed by atoms with Gasteiger partial charge >= 0.3 is 0 Å². The molecule has 5 nitrogen and oxygen atoms in total. The summed E-state index contributed by atoms with van der Waals surface area (Å²) in [5.41, 5.74) is 2.78. The SMILES string of the molecule is O=C1[C@@H]2CSCN2C(=O)C(c2cccs2)=NN1CCC(c1ccccc1)c1ccccc1. The molecule has 2 aromatic carbocycles. The van der Waals surface area contributed by atoms with E-state index in [1.54, 1.807) is 21.7 Å². The van der Waals surface area contributed by atoms with Crippen molar-refractivity contribution < 1.29 is 9.59 Å². The normalized spacial score (nSPS) is 18.7. The Morgan fingerprint density at radius 2 is 1.62 bits per heavy atom. The first-order chi connectivity index (χ1) is 15.7. The van der Waals surface area contributed by atoms with Crippen molar-refractivity contribution in [3.8, 4) is 0 Å². The van der Waals surface area contributed by atoms with Gasteiger partial charge in [-0.2, -0.15) is 5.10 Å². The molecule has 0 radical (unpaired) electrons. The van der Waals surface area contributed by atoms with Crippen molar-refractivity contribution in [3.63, 3.8) is 0 Å². The fraction of sp³-hybridized carbons (Fsp3) is 0.240. The zero-order valence-electron chi connectivity index (χ0n) is 17.5. The Morgan fingerprint density at radius 1 is 0.938 bits per heavy atom. The maximum absolute atomic E-state index is 13.4. The molecule has 7 heteroatoms. The molecular formula is C25H23N3O2S2. The Balaban J connectivity index is 1.46. The lowest BCUT2D eigenvalue weighted by Gasteiger charge is -2.24. The fourth-order valence-electron chi connectivity index (χ4n) is 4.24. The van der Waals surface area contributed by atoms with Crippen LogP contribution in [0.25, 0.3) is 0 Å². The predicted molar refractivity (Wildman–Crippen MR) is 130 cm³/mol. The average Bonchev–Trinajstić information content (AvgIpc) is 3.53. The fourth-order valence-corrected chi connectivity index (χ4v) is 6.09. The molecule has 0 N–H and O–H groups in total. The quantitative estimate of drug-likeness (QED) is 0.546. The van der Waals surface area contributed by atoms with E-state index in [1.807, 2.05) is 53.9 Å². The highest BCUT2D eigenvalue weighted by Gasteiger charge is 2.42. The number of hydrogen-bond donors (Lipinski definition) is 0. The van der Waals surface area contributed by atoms with Gasteiger partial charge in [0.2, 0.25) is 0 Å². The van der Waals surface area contributed by atoms with E-state index in [9.17, 15) is 9.59 Å². The van der Waals surface area contributed by atoms with Crippen molar-refractivity contribution in [1.29, 1.82) is 0 Å². The number of hydrazone groups is 1. The number of carbonyl (C=O) groups excluding carboxylic acids is 2. The van der Waals surface area contributed by atoms with Gasteiger partial charge in [-0.15, -0.1) is 23.1 Å². The molecule has 1 saturated heterocycles. The number of thioether (sulfide) groups is 1. The lowest BCUT2D eigenvalue weighted by Crippen LogP contribution is -2.46. The van der Waals surface area contributed by atoms with Gasteiger partial charge < -0.3 is 4.90 Å². The van der Waals surface area contributed by atoms with E-state index < -0.39 is 6.04 Å². The summed E-state index contributed by atoms with van der Waals surface area (Å²) in [5.74, 6) is 1.05. The van der Waals surface area contributed by atoms with Gasteiger partial charge in [0.1, 0.15) is 6.04 Å². The van der Waals surface area contributed by atoms with Gasteiger partial charge in [-0.25, -0.2) is 5.01 Å². The number of thiophene rings is 1. The molecule has 0 unspecified atom stereocenters. The van der Waals surface area contributed by atoms with Crippen LogP contribution in [0.1, 0.15) is 28.3 Å². The summed E-state index contributed by atoms with van der Waals surface area (Å²) in [4.78, 5) is 29.1. The summed E-state index contributed by atoms with van der Waals surface area (Å²) < 4.78 is 0. The summed E-state index contributed by atoms with van der Waals surface area (Å²) >= 11 is 3.10. The minimum atomic E-state index is -0.444. The monoisotopic (exact) mass is 461 g/mol. The van der Waals surface area contributed by atoms with Gasteiger partial charge in [-0.1, -0.05) is 66.7 Å². The van der Waals surface area contributed by atoms with Crippen molar-refractivity contribution in [3.05, 3.63) is 94.2 Å². The Morgan fingerprint density at radius 3 is 2.25 bits per heavy atom. The molecule has 162 valence electrons. The van der Waals surface area contributed by atoms with Crippen molar-refractivity contribution in [2.24, 2.45) is 5.10 Å². The molecule has 1 aromatic heterocycles. The first-order valence-corrected chi connectivity index (χ1v) is 12.7. The molecule has 0 bridgehead atoms. The first kappa shape index (κ1) is 21.0. The van der Waals surface area contributed by atoms with E-state index >= 15 is 0 Å². The Kier molecular flexibility index (Phi) is 6.10. The molecule has 3 heterocycles. The third-order valence-electron chi connectivity index (χ3n) is 5.89. The molecule has 1 fully saturated rings. The Labute approximate surface area is 195 Å². The van der Waals surface area contributed by atoms with Gasteiger partial charge in [0.05, 0.1) is 10.8 Å². The van der Waals surface area contributed by atoms with Crippen LogP contribution in [-0.2, 0) is 9.59 Å². The second-order valence-corrected chi connectivity index (χ2v) is 9.79. The summed E-state index contributed by atoms with van der Waals surface area (Å²) in [5, 5.41) is 8.11. The van der Waals surface area contributed by atoms with Crippen LogP contribution in [0, 0.1) is 0 Å².